The maximum Gasteiger partial charge on any atom is 0.237 e. The highest BCUT2D eigenvalue weighted by atomic mass is 32.2. The molecule has 20 heavy (non-hydrogen) atoms. The number of benzene rings is 1. The van der Waals surface area contributed by atoms with Crippen molar-refractivity contribution in [2.24, 2.45) is 5.73 Å². The summed E-state index contributed by atoms with van der Waals surface area (Å²) >= 11 is 1.82. The van der Waals surface area contributed by atoms with Gasteiger partial charge >= 0.3 is 0 Å². The van der Waals surface area contributed by atoms with Crippen LogP contribution in [-0.4, -0.2) is 29.5 Å². The summed E-state index contributed by atoms with van der Waals surface area (Å²) in [7, 11) is 0. The monoisotopic (exact) mass is 294 g/mol. The van der Waals surface area contributed by atoms with E-state index in [-0.39, 0.29) is 10.7 Å². The van der Waals surface area contributed by atoms with Crippen molar-refractivity contribution in [3.05, 3.63) is 35.9 Å². The molecule has 0 saturated carbocycles. The van der Waals surface area contributed by atoms with Gasteiger partial charge in [0.2, 0.25) is 5.91 Å². The molecule has 0 saturated heterocycles. The van der Waals surface area contributed by atoms with Crippen molar-refractivity contribution >= 4 is 17.7 Å². The Morgan fingerprint density at radius 2 is 1.90 bits per heavy atom. The summed E-state index contributed by atoms with van der Waals surface area (Å²) in [4.78, 5) is 12.1. The standard InChI is InChI=1S/C16H26N2OS/c1-4-16(5-2,20-3)12-18-15(19)14(17)11-13-9-7-6-8-10-13/h6-10,14H,4-5,11-12,17H2,1-3H3,(H,18,19). The van der Waals surface area contributed by atoms with Crippen LogP contribution in [0.2, 0.25) is 0 Å². The van der Waals surface area contributed by atoms with Gasteiger partial charge in [-0.3, -0.25) is 4.79 Å². The molecule has 3 nitrogen and oxygen atoms in total. The number of nitrogens with two attached hydrogens (primary N) is 1. The van der Waals surface area contributed by atoms with E-state index in [1.54, 1.807) is 0 Å². The molecule has 0 bridgehead atoms. The molecule has 0 aromatic heterocycles. The minimum atomic E-state index is -0.481. The number of nitrogens with one attached hydrogen (secondary N) is 1. The predicted octanol–water partition coefficient (Wildman–Crippen LogP) is 2.59. The van der Waals surface area contributed by atoms with Gasteiger partial charge in [-0.1, -0.05) is 44.2 Å². The average molecular weight is 294 g/mol. The fourth-order valence-electron chi connectivity index (χ4n) is 2.20. The van der Waals surface area contributed by atoms with Gasteiger partial charge in [0.05, 0.1) is 6.04 Å². The van der Waals surface area contributed by atoms with Crippen molar-refractivity contribution in [3.8, 4) is 0 Å². The minimum absolute atomic E-state index is 0.0609. The molecule has 1 unspecified atom stereocenters. The van der Waals surface area contributed by atoms with Gasteiger partial charge in [0, 0.05) is 11.3 Å². The molecule has 0 aliphatic carbocycles. The Labute approximate surface area is 126 Å². The Morgan fingerprint density at radius 1 is 1.30 bits per heavy atom. The van der Waals surface area contributed by atoms with Crippen LogP contribution < -0.4 is 11.1 Å². The molecule has 0 fully saturated rings. The molecular formula is C16H26N2OS. The lowest BCUT2D eigenvalue weighted by Crippen LogP contribution is -2.47. The van der Waals surface area contributed by atoms with E-state index in [1.807, 2.05) is 42.1 Å². The summed E-state index contributed by atoms with van der Waals surface area (Å²) in [5, 5.41) is 3.01. The zero-order valence-electron chi connectivity index (χ0n) is 12.7. The molecule has 1 aromatic carbocycles. The second kappa shape index (κ2) is 8.32. The number of carbonyl (C=O) groups excluding carboxylic acids is 1. The van der Waals surface area contributed by atoms with Crippen molar-refractivity contribution in [3.63, 3.8) is 0 Å². The molecule has 1 aromatic rings. The Kier molecular flexibility index (Phi) is 7.10. The second-order valence-electron chi connectivity index (χ2n) is 5.11. The van der Waals surface area contributed by atoms with E-state index < -0.39 is 6.04 Å². The van der Waals surface area contributed by atoms with Crippen LogP contribution >= 0.6 is 11.8 Å². The van der Waals surface area contributed by atoms with Gasteiger partial charge in [0.1, 0.15) is 0 Å². The van der Waals surface area contributed by atoms with Crippen LogP contribution in [-0.2, 0) is 11.2 Å². The molecule has 1 atom stereocenters. The van der Waals surface area contributed by atoms with Crippen molar-refractivity contribution in [1.82, 2.24) is 5.32 Å². The fourth-order valence-corrected chi connectivity index (χ4v) is 2.99. The molecule has 112 valence electrons. The topological polar surface area (TPSA) is 55.1 Å². The largest absolute Gasteiger partial charge is 0.353 e. The number of thioether (sulfide) groups is 1. The molecule has 0 aliphatic rings. The molecule has 0 aliphatic heterocycles. The number of hydrogen-bond acceptors (Lipinski definition) is 3. The van der Waals surface area contributed by atoms with Crippen molar-refractivity contribution in [2.45, 2.75) is 43.9 Å². The average Bonchev–Trinajstić information content (AvgIpc) is 2.50. The Morgan fingerprint density at radius 3 is 2.40 bits per heavy atom. The number of carbonyl (C=O) groups is 1. The second-order valence-corrected chi connectivity index (χ2v) is 6.38. The van der Waals surface area contributed by atoms with Crippen LogP contribution in [0.1, 0.15) is 32.3 Å². The minimum Gasteiger partial charge on any atom is -0.353 e. The predicted molar refractivity (Wildman–Crippen MR) is 88.0 cm³/mol. The third kappa shape index (κ3) is 4.84. The molecule has 0 spiro atoms. The Balaban J connectivity index is 2.50. The van der Waals surface area contributed by atoms with Crippen molar-refractivity contribution in [2.75, 3.05) is 12.8 Å². The highest BCUT2D eigenvalue weighted by Crippen LogP contribution is 2.29. The van der Waals surface area contributed by atoms with Gasteiger partial charge in [-0.15, -0.1) is 0 Å². The first-order valence-corrected chi connectivity index (χ1v) is 8.41. The molecule has 0 radical (unpaired) electrons. The van der Waals surface area contributed by atoms with Gasteiger partial charge in [0.25, 0.3) is 0 Å². The third-order valence-electron chi connectivity index (χ3n) is 3.94. The van der Waals surface area contributed by atoms with Crippen LogP contribution in [0.5, 0.6) is 0 Å². The number of rotatable bonds is 8. The molecule has 3 N–H and O–H groups in total. The Bertz CT molecular complexity index is 396. The highest BCUT2D eigenvalue weighted by Gasteiger charge is 2.26. The van der Waals surface area contributed by atoms with Crippen LogP contribution in [0.15, 0.2) is 30.3 Å². The molecule has 1 rings (SSSR count). The summed E-state index contributed by atoms with van der Waals surface area (Å²) in [6.45, 7) is 5.01. The molecule has 4 heteroatoms. The first-order valence-electron chi connectivity index (χ1n) is 7.19. The van der Waals surface area contributed by atoms with E-state index >= 15 is 0 Å². The van der Waals surface area contributed by atoms with Gasteiger partial charge in [-0.05, 0) is 31.1 Å². The lowest BCUT2D eigenvalue weighted by atomic mass is 10.0. The summed E-state index contributed by atoms with van der Waals surface area (Å²) in [5.41, 5.74) is 7.08. The maximum atomic E-state index is 12.1. The lowest BCUT2D eigenvalue weighted by molar-refractivity contribution is -0.122. The first kappa shape index (κ1) is 17.1. The highest BCUT2D eigenvalue weighted by molar-refractivity contribution is 8.00. The van der Waals surface area contributed by atoms with E-state index in [0.29, 0.717) is 13.0 Å². The van der Waals surface area contributed by atoms with Crippen molar-refractivity contribution < 1.29 is 4.79 Å². The van der Waals surface area contributed by atoms with E-state index in [1.165, 1.54) is 0 Å². The van der Waals surface area contributed by atoms with Gasteiger partial charge in [0.15, 0.2) is 0 Å². The van der Waals surface area contributed by atoms with E-state index in [4.69, 9.17) is 5.73 Å². The Hall–Kier alpha value is -1.00. The summed E-state index contributed by atoms with van der Waals surface area (Å²) in [6.07, 6.45) is 4.76. The van der Waals surface area contributed by atoms with E-state index in [2.05, 4.69) is 25.4 Å². The molecule has 1 amide bonds. The van der Waals surface area contributed by atoms with Crippen LogP contribution in [0.4, 0.5) is 0 Å². The van der Waals surface area contributed by atoms with Crippen LogP contribution in [0, 0.1) is 0 Å². The summed E-state index contributed by atoms with van der Waals surface area (Å²) < 4.78 is 0.127. The SMILES string of the molecule is CCC(CC)(CNC(=O)C(N)Cc1ccccc1)SC. The zero-order valence-corrected chi connectivity index (χ0v) is 13.5. The number of hydrogen-bond donors (Lipinski definition) is 2. The normalized spacial score (nSPS) is 13.0. The zero-order chi connectivity index (χ0) is 15.0. The van der Waals surface area contributed by atoms with E-state index in [0.717, 1.165) is 18.4 Å². The smallest absolute Gasteiger partial charge is 0.237 e. The lowest BCUT2D eigenvalue weighted by Gasteiger charge is -2.30. The van der Waals surface area contributed by atoms with Gasteiger partial charge < -0.3 is 11.1 Å². The van der Waals surface area contributed by atoms with E-state index in [9.17, 15) is 4.79 Å². The fraction of sp³-hybridized carbons (Fsp3) is 0.562. The third-order valence-corrected chi connectivity index (χ3v) is 5.53. The first-order chi connectivity index (χ1) is 9.56. The molecular weight excluding hydrogens is 268 g/mol. The quantitative estimate of drug-likeness (QED) is 0.775. The van der Waals surface area contributed by atoms with Crippen LogP contribution in [0.3, 0.4) is 0 Å². The van der Waals surface area contributed by atoms with Gasteiger partial charge in [-0.2, -0.15) is 11.8 Å². The van der Waals surface area contributed by atoms with Crippen LogP contribution in [0.25, 0.3) is 0 Å². The summed E-state index contributed by atoms with van der Waals surface area (Å²) in [5.74, 6) is -0.0609. The van der Waals surface area contributed by atoms with Gasteiger partial charge in [-0.25, -0.2) is 0 Å². The molecule has 0 heterocycles. The maximum absolute atomic E-state index is 12.1. The number of amides is 1. The van der Waals surface area contributed by atoms with Crippen molar-refractivity contribution in [1.29, 1.82) is 0 Å². The summed E-state index contributed by atoms with van der Waals surface area (Å²) in [6, 6.07) is 9.41.